The van der Waals surface area contributed by atoms with Crippen molar-refractivity contribution in [1.29, 1.82) is 0 Å². The summed E-state index contributed by atoms with van der Waals surface area (Å²) in [4.78, 5) is 10.2. The minimum absolute atomic E-state index is 0.334. The van der Waals surface area contributed by atoms with E-state index in [9.17, 15) is 4.39 Å². The second-order valence-corrected chi connectivity index (χ2v) is 5.90. The molecule has 96 valence electrons. The Kier molecular flexibility index (Phi) is 3.43. The fourth-order valence-corrected chi connectivity index (χ4v) is 3.48. The molecule has 0 aliphatic heterocycles. The summed E-state index contributed by atoms with van der Waals surface area (Å²) in [5, 5.41) is 3.06. The highest BCUT2D eigenvalue weighted by Gasteiger charge is 2.15. The van der Waals surface area contributed by atoms with E-state index >= 15 is 0 Å². The van der Waals surface area contributed by atoms with E-state index in [4.69, 9.17) is 11.6 Å². The number of rotatable bonds is 2. The Morgan fingerprint density at radius 3 is 2.89 bits per heavy atom. The minimum atomic E-state index is -0.334. The predicted molar refractivity (Wildman–Crippen MR) is 79.6 cm³/mol. The molecule has 0 atom stereocenters. The molecule has 0 aliphatic rings. The Hall–Kier alpha value is -1.17. The van der Waals surface area contributed by atoms with Gasteiger partial charge in [-0.1, -0.05) is 17.7 Å². The number of nitrogens with zero attached hydrogens (tertiary/aromatic N) is 2. The summed E-state index contributed by atoms with van der Waals surface area (Å²) >= 11 is 9.05. The summed E-state index contributed by atoms with van der Waals surface area (Å²) in [6.45, 7) is 0. The van der Waals surface area contributed by atoms with Crippen LogP contribution in [0.5, 0.6) is 0 Å². The highest BCUT2D eigenvalue weighted by atomic mass is 35.5. The average Bonchev–Trinajstić information content (AvgIpc) is 2.87. The van der Waals surface area contributed by atoms with Crippen LogP contribution < -0.4 is 0 Å². The van der Waals surface area contributed by atoms with Gasteiger partial charge in [-0.05, 0) is 29.8 Å². The van der Waals surface area contributed by atoms with E-state index < -0.39 is 0 Å². The van der Waals surface area contributed by atoms with Crippen LogP contribution in [0.3, 0.4) is 0 Å². The molecule has 0 radical (unpaired) electrons. The molecule has 1 aromatic carbocycles. The number of hydrogen-bond acceptors (Lipinski definition) is 4. The van der Waals surface area contributed by atoms with E-state index in [1.165, 1.54) is 29.2 Å². The molecular weight excluding hydrogens is 303 g/mol. The van der Waals surface area contributed by atoms with E-state index in [0.717, 1.165) is 15.1 Å². The summed E-state index contributed by atoms with van der Waals surface area (Å²) in [6, 6.07) is 6.79. The second kappa shape index (κ2) is 5.07. The maximum absolute atomic E-state index is 14.0. The molecule has 6 heteroatoms. The molecule has 0 bridgehead atoms. The van der Waals surface area contributed by atoms with Gasteiger partial charge in [-0.25, -0.2) is 14.4 Å². The highest BCUT2D eigenvalue weighted by Crippen LogP contribution is 2.33. The molecule has 0 N–H and O–H groups in total. The van der Waals surface area contributed by atoms with Crippen LogP contribution in [0.4, 0.5) is 4.39 Å². The smallest absolute Gasteiger partial charge is 0.166 e. The molecule has 0 saturated carbocycles. The van der Waals surface area contributed by atoms with Crippen LogP contribution in [-0.4, -0.2) is 16.2 Å². The van der Waals surface area contributed by atoms with Gasteiger partial charge in [0.2, 0.25) is 0 Å². The fourth-order valence-electron chi connectivity index (χ4n) is 1.82. The molecule has 3 aromatic rings. The van der Waals surface area contributed by atoms with Crippen molar-refractivity contribution in [2.45, 2.75) is 4.90 Å². The Morgan fingerprint density at radius 2 is 2.11 bits per heavy atom. The molecule has 19 heavy (non-hydrogen) atoms. The standard InChI is InChI=1S/C13H8ClFN2S2/c1-18-9-4-2-3-8(15)10(9)12-16-11(14)7-5-6-19-13(7)17-12/h2-6H,1H3. The average molecular weight is 311 g/mol. The second-order valence-electron chi connectivity index (χ2n) is 3.79. The van der Waals surface area contributed by atoms with Crippen LogP contribution in [0.25, 0.3) is 21.6 Å². The van der Waals surface area contributed by atoms with Gasteiger partial charge in [0.25, 0.3) is 0 Å². The van der Waals surface area contributed by atoms with Crippen LogP contribution in [0.15, 0.2) is 34.5 Å². The van der Waals surface area contributed by atoms with E-state index in [0.29, 0.717) is 16.5 Å². The van der Waals surface area contributed by atoms with Crippen molar-refractivity contribution in [2.75, 3.05) is 6.26 Å². The number of hydrogen-bond donors (Lipinski definition) is 0. The summed E-state index contributed by atoms with van der Waals surface area (Å²) in [6.07, 6.45) is 1.89. The van der Waals surface area contributed by atoms with Crippen molar-refractivity contribution >= 4 is 44.9 Å². The van der Waals surface area contributed by atoms with Gasteiger partial charge in [-0.3, -0.25) is 0 Å². The maximum atomic E-state index is 14.0. The lowest BCUT2D eigenvalue weighted by Crippen LogP contribution is -1.94. The molecular formula is C13H8ClFN2S2. The monoisotopic (exact) mass is 310 g/mol. The van der Waals surface area contributed by atoms with Crippen molar-refractivity contribution in [1.82, 2.24) is 9.97 Å². The van der Waals surface area contributed by atoms with Crippen molar-refractivity contribution in [3.05, 3.63) is 40.6 Å². The molecule has 0 aliphatic carbocycles. The first-order valence-electron chi connectivity index (χ1n) is 5.44. The zero-order valence-corrected chi connectivity index (χ0v) is 12.2. The van der Waals surface area contributed by atoms with Gasteiger partial charge in [-0.2, -0.15) is 0 Å². The van der Waals surface area contributed by atoms with Crippen LogP contribution in [0.2, 0.25) is 5.15 Å². The Labute approximate surface area is 122 Å². The summed E-state index contributed by atoms with van der Waals surface area (Å²) in [5.41, 5.74) is 0.409. The molecule has 2 heterocycles. The molecule has 0 saturated heterocycles. The molecule has 3 rings (SSSR count). The molecule has 2 nitrogen and oxygen atoms in total. The third-order valence-electron chi connectivity index (χ3n) is 2.70. The van der Waals surface area contributed by atoms with E-state index in [-0.39, 0.29) is 5.82 Å². The van der Waals surface area contributed by atoms with Gasteiger partial charge in [-0.15, -0.1) is 23.1 Å². The van der Waals surface area contributed by atoms with Crippen molar-refractivity contribution in [3.8, 4) is 11.4 Å². The zero-order valence-electron chi connectivity index (χ0n) is 9.85. The normalized spacial score (nSPS) is 11.1. The lowest BCUT2D eigenvalue weighted by molar-refractivity contribution is 0.627. The minimum Gasteiger partial charge on any atom is -0.217 e. The Morgan fingerprint density at radius 1 is 1.26 bits per heavy atom. The summed E-state index contributed by atoms with van der Waals surface area (Å²) in [5.74, 6) is 0.00113. The van der Waals surface area contributed by atoms with Crippen LogP contribution in [0, 0.1) is 5.82 Å². The first-order chi connectivity index (χ1) is 9.20. The van der Waals surface area contributed by atoms with Crippen molar-refractivity contribution in [2.24, 2.45) is 0 Å². The number of thioether (sulfide) groups is 1. The lowest BCUT2D eigenvalue weighted by Gasteiger charge is -2.07. The van der Waals surface area contributed by atoms with Crippen molar-refractivity contribution < 1.29 is 4.39 Å². The fraction of sp³-hybridized carbons (Fsp3) is 0.0769. The van der Waals surface area contributed by atoms with Gasteiger partial charge >= 0.3 is 0 Å². The maximum Gasteiger partial charge on any atom is 0.166 e. The van der Waals surface area contributed by atoms with E-state index in [1.54, 1.807) is 6.07 Å². The number of benzene rings is 1. The van der Waals surface area contributed by atoms with Gasteiger partial charge in [0.1, 0.15) is 15.8 Å². The van der Waals surface area contributed by atoms with E-state index in [1.807, 2.05) is 23.8 Å². The first-order valence-corrected chi connectivity index (χ1v) is 7.92. The number of thiophene rings is 1. The summed E-state index contributed by atoms with van der Waals surface area (Å²) in [7, 11) is 0. The Balaban J connectivity index is 2.30. The first kappa shape index (κ1) is 12.8. The molecule has 0 amide bonds. The molecule has 0 unspecified atom stereocenters. The summed E-state index contributed by atoms with van der Waals surface area (Å²) < 4.78 is 14.0. The van der Waals surface area contributed by atoms with E-state index in [2.05, 4.69) is 9.97 Å². The molecule has 2 aromatic heterocycles. The van der Waals surface area contributed by atoms with Crippen LogP contribution in [-0.2, 0) is 0 Å². The van der Waals surface area contributed by atoms with Gasteiger partial charge in [0, 0.05) is 10.3 Å². The highest BCUT2D eigenvalue weighted by molar-refractivity contribution is 7.98. The zero-order chi connectivity index (χ0) is 13.4. The Bertz CT molecular complexity index is 757. The quantitative estimate of drug-likeness (QED) is 0.499. The van der Waals surface area contributed by atoms with Crippen LogP contribution >= 0.6 is 34.7 Å². The molecule has 0 fully saturated rings. The van der Waals surface area contributed by atoms with Crippen LogP contribution in [0.1, 0.15) is 0 Å². The van der Waals surface area contributed by atoms with Crippen molar-refractivity contribution in [3.63, 3.8) is 0 Å². The number of aromatic nitrogens is 2. The largest absolute Gasteiger partial charge is 0.217 e. The van der Waals surface area contributed by atoms with Gasteiger partial charge in [0.05, 0.1) is 5.56 Å². The third kappa shape index (κ3) is 2.22. The number of fused-ring (bicyclic) bond motifs is 1. The lowest BCUT2D eigenvalue weighted by atomic mass is 10.2. The third-order valence-corrected chi connectivity index (χ3v) is 4.57. The molecule has 0 spiro atoms. The van der Waals surface area contributed by atoms with Gasteiger partial charge < -0.3 is 0 Å². The number of halogens is 2. The van der Waals surface area contributed by atoms with Gasteiger partial charge in [0.15, 0.2) is 5.82 Å². The topological polar surface area (TPSA) is 25.8 Å². The predicted octanol–water partition coefficient (Wildman–Crippen LogP) is 4.87. The SMILES string of the molecule is CSc1cccc(F)c1-c1nc(Cl)c2ccsc2n1.